The molecule has 2 rings (SSSR count). The number of nitrogens with one attached hydrogen (secondary N) is 1. The summed E-state index contributed by atoms with van der Waals surface area (Å²) < 4.78 is 27.4. The van der Waals surface area contributed by atoms with Gasteiger partial charge in [-0.1, -0.05) is 0 Å². The summed E-state index contributed by atoms with van der Waals surface area (Å²) in [4.78, 5) is 12.9. The lowest BCUT2D eigenvalue weighted by Gasteiger charge is -2.31. The Balaban J connectivity index is 2.16. The van der Waals surface area contributed by atoms with E-state index in [2.05, 4.69) is 5.32 Å². The fourth-order valence-electron chi connectivity index (χ4n) is 2.11. The molecule has 1 saturated heterocycles. The highest BCUT2D eigenvalue weighted by Gasteiger charge is 2.24. The number of benzene rings is 1. The van der Waals surface area contributed by atoms with E-state index in [4.69, 9.17) is 5.26 Å². The zero-order valence-electron chi connectivity index (χ0n) is 10.4. The molecule has 1 N–H and O–H groups in total. The lowest BCUT2D eigenvalue weighted by atomic mass is 10.0. The zero-order chi connectivity index (χ0) is 14.0. The number of nitrogens with zero attached hydrogens (tertiary/aromatic N) is 2. The zero-order valence-corrected chi connectivity index (χ0v) is 10.4. The smallest absolute Gasteiger partial charge is 0.222 e. The van der Waals surface area contributed by atoms with Gasteiger partial charge in [-0.2, -0.15) is 5.26 Å². The molecule has 1 atom stereocenters. The molecule has 1 aliphatic heterocycles. The van der Waals surface area contributed by atoms with Crippen molar-refractivity contribution in [1.29, 1.82) is 5.26 Å². The van der Waals surface area contributed by atoms with Crippen LogP contribution in [0.1, 0.15) is 18.4 Å². The van der Waals surface area contributed by atoms with Gasteiger partial charge in [-0.25, -0.2) is 8.78 Å². The van der Waals surface area contributed by atoms with Crippen LogP contribution in [0.15, 0.2) is 12.1 Å². The minimum atomic E-state index is -0.795. The molecule has 0 radical (unpaired) electrons. The molecule has 0 saturated carbocycles. The number of nitriles is 1. The van der Waals surface area contributed by atoms with Crippen LogP contribution in [0, 0.1) is 23.0 Å². The van der Waals surface area contributed by atoms with E-state index in [1.54, 1.807) is 13.1 Å². The fraction of sp³-hybridized carbons (Fsp3) is 0.385. The van der Waals surface area contributed by atoms with Crippen LogP contribution < -0.4 is 5.32 Å². The van der Waals surface area contributed by atoms with Crippen LogP contribution in [0.5, 0.6) is 0 Å². The highest BCUT2D eigenvalue weighted by Crippen LogP contribution is 2.23. The number of likely N-dealkylation sites (tertiary alicyclic amines) is 1. The molecule has 0 aliphatic carbocycles. The summed E-state index contributed by atoms with van der Waals surface area (Å²) in [5, 5.41) is 11.4. The van der Waals surface area contributed by atoms with Crippen molar-refractivity contribution in [3.63, 3.8) is 0 Å². The van der Waals surface area contributed by atoms with Crippen molar-refractivity contribution in [2.75, 3.05) is 18.9 Å². The Morgan fingerprint density at radius 2 is 2.05 bits per heavy atom. The third-order valence-corrected chi connectivity index (χ3v) is 3.15. The normalized spacial score (nSPS) is 19.2. The minimum Gasteiger partial charge on any atom is -0.376 e. The van der Waals surface area contributed by atoms with E-state index < -0.39 is 11.6 Å². The van der Waals surface area contributed by atoms with Crippen molar-refractivity contribution in [3.05, 3.63) is 29.3 Å². The number of likely N-dealkylation sites (N-methyl/N-ethyl adjacent to an activating group) is 1. The topological polar surface area (TPSA) is 56.1 Å². The number of hydrogen-bond donors (Lipinski definition) is 1. The standard InChI is InChI=1S/C13H13F2N3O/c1-18-7-9(2-3-12(18)19)17-13-10(14)4-8(6-16)5-11(13)15/h4-5,9,17H,2-3,7H2,1H3. The van der Waals surface area contributed by atoms with Crippen LogP contribution >= 0.6 is 0 Å². The maximum Gasteiger partial charge on any atom is 0.222 e. The molecule has 0 bridgehead atoms. The molecule has 0 spiro atoms. The average molecular weight is 265 g/mol. The lowest BCUT2D eigenvalue weighted by molar-refractivity contribution is -0.132. The van der Waals surface area contributed by atoms with E-state index in [1.807, 2.05) is 0 Å². The molecule has 1 aliphatic rings. The quantitative estimate of drug-likeness (QED) is 0.888. The molecule has 1 unspecified atom stereocenters. The molecule has 1 heterocycles. The van der Waals surface area contributed by atoms with E-state index >= 15 is 0 Å². The van der Waals surface area contributed by atoms with Crippen LogP contribution in [0.4, 0.5) is 14.5 Å². The van der Waals surface area contributed by atoms with Gasteiger partial charge in [0.15, 0.2) is 11.6 Å². The second-order valence-corrected chi connectivity index (χ2v) is 4.58. The fourth-order valence-corrected chi connectivity index (χ4v) is 2.11. The lowest BCUT2D eigenvalue weighted by Crippen LogP contribution is -2.43. The second-order valence-electron chi connectivity index (χ2n) is 4.58. The van der Waals surface area contributed by atoms with Crippen molar-refractivity contribution >= 4 is 11.6 Å². The molecule has 19 heavy (non-hydrogen) atoms. The molecule has 1 fully saturated rings. The van der Waals surface area contributed by atoms with Gasteiger partial charge >= 0.3 is 0 Å². The van der Waals surface area contributed by atoms with Gasteiger partial charge in [0, 0.05) is 26.1 Å². The van der Waals surface area contributed by atoms with Gasteiger partial charge < -0.3 is 10.2 Å². The summed E-state index contributed by atoms with van der Waals surface area (Å²) in [7, 11) is 1.65. The summed E-state index contributed by atoms with van der Waals surface area (Å²) in [5.41, 5.74) is -0.303. The number of carbonyl (C=O) groups excluding carboxylic acids is 1. The largest absolute Gasteiger partial charge is 0.376 e. The Labute approximate surface area is 109 Å². The molecule has 1 amide bonds. The molecule has 6 heteroatoms. The van der Waals surface area contributed by atoms with Gasteiger partial charge in [0.2, 0.25) is 5.91 Å². The SMILES string of the molecule is CN1CC(Nc2c(F)cc(C#N)cc2F)CCC1=O. The molecule has 0 aromatic heterocycles. The Bertz CT molecular complexity index is 530. The predicted molar refractivity (Wildman–Crippen MR) is 65.4 cm³/mol. The Morgan fingerprint density at radius 1 is 1.42 bits per heavy atom. The number of rotatable bonds is 2. The molecular formula is C13H13F2N3O. The first-order valence-electron chi connectivity index (χ1n) is 5.91. The van der Waals surface area contributed by atoms with Gasteiger partial charge in [0.1, 0.15) is 5.69 Å². The predicted octanol–water partition coefficient (Wildman–Crippen LogP) is 1.87. The van der Waals surface area contributed by atoms with Crippen molar-refractivity contribution in [1.82, 2.24) is 4.90 Å². The Kier molecular flexibility index (Phi) is 3.65. The summed E-state index contributed by atoms with van der Waals surface area (Å²) >= 11 is 0. The number of piperidine rings is 1. The van der Waals surface area contributed by atoms with E-state index in [0.717, 1.165) is 12.1 Å². The summed E-state index contributed by atoms with van der Waals surface area (Å²) in [6.07, 6.45) is 0.885. The first kappa shape index (κ1) is 13.3. The van der Waals surface area contributed by atoms with E-state index in [9.17, 15) is 13.6 Å². The second kappa shape index (κ2) is 5.22. The van der Waals surface area contributed by atoms with Crippen LogP contribution in [0.2, 0.25) is 0 Å². The van der Waals surface area contributed by atoms with Gasteiger partial charge in [0.25, 0.3) is 0 Å². The monoisotopic (exact) mass is 265 g/mol. The van der Waals surface area contributed by atoms with E-state index in [1.165, 1.54) is 4.90 Å². The Hall–Kier alpha value is -2.16. The summed E-state index contributed by atoms with van der Waals surface area (Å²) in [6, 6.07) is 3.48. The van der Waals surface area contributed by atoms with Crippen molar-refractivity contribution in [2.24, 2.45) is 0 Å². The number of carbonyl (C=O) groups is 1. The van der Waals surface area contributed by atoms with Crippen LogP contribution in [-0.2, 0) is 4.79 Å². The maximum atomic E-state index is 13.7. The molecule has 1 aromatic carbocycles. The number of amides is 1. The first-order chi connectivity index (χ1) is 9.01. The van der Waals surface area contributed by atoms with Gasteiger partial charge in [-0.05, 0) is 18.6 Å². The van der Waals surface area contributed by atoms with Crippen molar-refractivity contribution < 1.29 is 13.6 Å². The van der Waals surface area contributed by atoms with Crippen LogP contribution in [-0.4, -0.2) is 30.4 Å². The van der Waals surface area contributed by atoms with Gasteiger partial charge in [-0.3, -0.25) is 4.79 Å². The number of halogens is 2. The highest BCUT2D eigenvalue weighted by molar-refractivity contribution is 5.77. The molecule has 1 aromatic rings. The molecular weight excluding hydrogens is 252 g/mol. The third kappa shape index (κ3) is 2.81. The number of anilines is 1. The van der Waals surface area contributed by atoms with E-state index in [0.29, 0.717) is 19.4 Å². The third-order valence-electron chi connectivity index (χ3n) is 3.15. The van der Waals surface area contributed by atoms with Crippen LogP contribution in [0.3, 0.4) is 0 Å². The van der Waals surface area contributed by atoms with Gasteiger partial charge in [-0.15, -0.1) is 0 Å². The van der Waals surface area contributed by atoms with Crippen molar-refractivity contribution in [3.8, 4) is 6.07 Å². The summed E-state index contributed by atoms with van der Waals surface area (Å²) in [6.45, 7) is 0.401. The van der Waals surface area contributed by atoms with E-state index in [-0.39, 0.29) is 23.2 Å². The van der Waals surface area contributed by atoms with Crippen molar-refractivity contribution in [2.45, 2.75) is 18.9 Å². The Morgan fingerprint density at radius 3 is 2.58 bits per heavy atom. The first-order valence-corrected chi connectivity index (χ1v) is 5.91. The molecule has 100 valence electrons. The average Bonchev–Trinajstić information content (AvgIpc) is 2.37. The number of hydrogen-bond acceptors (Lipinski definition) is 3. The summed E-state index contributed by atoms with van der Waals surface area (Å²) in [5.74, 6) is -1.56. The molecule has 4 nitrogen and oxygen atoms in total. The van der Waals surface area contributed by atoms with Crippen LogP contribution in [0.25, 0.3) is 0 Å². The maximum absolute atomic E-state index is 13.7. The minimum absolute atomic E-state index is 0.0267. The van der Waals surface area contributed by atoms with Gasteiger partial charge in [0.05, 0.1) is 11.6 Å². The highest BCUT2D eigenvalue weighted by atomic mass is 19.1.